The summed E-state index contributed by atoms with van der Waals surface area (Å²) in [6.07, 6.45) is -2.64. The fourth-order valence-electron chi connectivity index (χ4n) is 2.58. The van der Waals surface area contributed by atoms with Gasteiger partial charge in [-0.1, -0.05) is 0 Å². The molecule has 0 aromatic carbocycles. The molecule has 3 N–H and O–H groups in total. The van der Waals surface area contributed by atoms with Gasteiger partial charge in [0.25, 0.3) is 0 Å². The smallest absolute Gasteiger partial charge is 0.181 e. The largest absolute Gasteiger partial charge is 0.394 e. The normalized spacial score (nSPS) is 30.2. The molecule has 0 spiro atoms. The second-order valence-corrected chi connectivity index (χ2v) is 4.92. The van der Waals surface area contributed by atoms with Crippen LogP contribution >= 0.6 is 0 Å². The summed E-state index contributed by atoms with van der Waals surface area (Å²) in [5.41, 5.74) is 2.03. The molecular weight excluding hydrogens is 264 g/mol. The van der Waals surface area contributed by atoms with Crippen LogP contribution in [0.4, 0.5) is 0 Å². The molecule has 0 radical (unpaired) electrons. The molecule has 108 valence electrons. The molecule has 1 aliphatic heterocycles. The minimum absolute atomic E-state index is 0.374. The van der Waals surface area contributed by atoms with Gasteiger partial charge in [-0.3, -0.25) is 0 Å². The molecule has 8 nitrogen and oxygen atoms in total. The summed E-state index contributed by atoms with van der Waals surface area (Å²) in [4.78, 5) is 8.29. The molecule has 3 rings (SSSR count). The molecule has 2 aromatic rings. The zero-order valence-electron chi connectivity index (χ0n) is 11.1. The predicted octanol–water partition coefficient (Wildman–Crippen LogP) is -0.945. The summed E-state index contributed by atoms with van der Waals surface area (Å²) in [7, 11) is 0. The van der Waals surface area contributed by atoms with E-state index in [1.54, 1.807) is 0 Å². The number of aromatic nitrogens is 4. The SMILES string of the molecule is Cc1ncnc2c1c(C)nn2[C@@H]1O[C@H](CO)[C@@H](O)[C@H]1O. The lowest BCUT2D eigenvalue weighted by Crippen LogP contribution is -2.33. The highest BCUT2D eigenvalue weighted by Gasteiger charge is 2.44. The number of nitrogens with zero attached hydrogens (tertiary/aromatic N) is 4. The van der Waals surface area contributed by atoms with Crippen molar-refractivity contribution in [2.45, 2.75) is 38.4 Å². The Kier molecular flexibility index (Phi) is 3.17. The first-order chi connectivity index (χ1) is 9.54. The Morgan fingerprint density at radius 2 is 1.95 bits per heavy atom. The summed E-state index contributed by atoms with van der Waals surface area (Å²) in [6.45, 7) is 3.29. The van der Waals surface area contributed by atoms with Gasteiger partial charge in [0.15, 0.2) is 11.9 Å². The van der Waals surface area contributed by atoms with Crippen molar-refractivity contribution < 1.29 is 20.1 Å². The predicted molar refractivity (Wildman–Crippen MR) is 67.8 cm³/mol. The number of aliphatic hydroxyl groups excluding tert-OH is 3. The summed E-state index contributed by atoms with van der Waals surface area (Å²) in [6, 6.07) is 0. The average Bonchev–Trinajstić information content (AvgIpc) is 2.90. The third-order valence-electron chi connectivity index (χ3n) is 3.61. The van der Waals surface area contributed by atoms with Gasteiger partial charge in [-0.05, 0) is 13.8 Å². The number of hydrogen-bond acceptors (Lipinski definition) is 7. The van der Waals surface area contributed by atoms with Crippen LogP contribution < -0.4 is 0 Å². The molecule has 0 saturated carbocycles. The van der Waals surface area contributed by atoms with Crippen LogP contribution in [0.15, 0.2) is 6.33 Å². The molecule has 2 aromatic heterocycles. The fraction of sp³-hybridized carbons (Fsp3) is 0.583. The van der Waals surface area contributed by atoms with E-state index in [0.717, 1.165) is 16.8 Å². The first kappa shape index (κ1) is 13.4. The van der Waals surface area contributed by atoms with E-state index in [1.165, 1.54) is 11.0 Å². The van der Waals surface area contributed by atoms with E-state index in [2.05, 4.69) is 15.1 Å². The molecule has 0 bridgehead atoms. The van der Waals surface area contributed by atoms with Crippen LogP contribution in [-0.2, 0) is 4.74 Å². The topological polar surface area (TPSA) is 114 Å². The van der Waals surface area contributed by atoms with E-state index in [1.807, 2.05) is 13.8 Å². The second-order valence-electron chi connectivity index (χ2n) is 4.92. The first-order valence-corrected chi connectivity index (χ1v) is 6.33. The van der Waals surface area contributed by atoms with E-state index in [4.69, 9.17) is 9.84 Å². The molecule has 1 aliphatic rings. The van der Waals surface area contributed by atoms with Crippen molar-refractivity contribution in [2.75, 3.05) is 6.61 Å². The van der Waals surface area contributed by atoms with Crippen molar-refractivity contribution in [1.29, 1.82) is 0 Å². The Labute approximate surface area is 114 Å². The monoisotopic (exact) mass is 280 g/mol. The second kappa shape index (κ2) is 4.74. The van der Waals surface area contributed by atoms with Crippen LogP contribution in [0, 0.1) is 13.8 Å². The number of ether oxygens (including phenoxy) is 1. The molecule has 1 saturated heterocycles. The Morgan fingerprint density at radius 1 is 1.20 bits per heavy atom. The summed E-state index contributed by atoms with van der Waals surface area (Å²) in [5.74, 6) is 0. The third-order valence-corrected chi connectivity index (χ3v) is 3.61. The lowest BCUT2D eigenvalue weighted by molar-refractivity contribution is -0.0567. The number of rotatable bonds is 2. The standard InChI is InChI=1S/C12H16N4O4/c1-5-8-6(2)15-16(11(8)14-4-13-5)12-10(19)9(18)7(3-17)20-12/h4,7,9-10,12,17-19H,3H2,1-2H3/t7-,9-,10-,12-/m1/s1. The van der Waals surface area contributed by atoms with Crippen molar-refractivity contribution in [3.8, 4) is 0 Å². The number of hydrogen-bond donors (Lipinski definition) is 3. The molecule has 0 amide bonds. The molecule has 3 heterocycles. The Morgan fingerprint density at radius 3 is 2.60 bits per heavy atom. The summed E-state index contributed by atoms with van der Waals surface area (Å²) >= 11 is 0. The lowest BCUT2D eigenvalue weighted by atomic mass is 10.1. The van der Waals surface area contributed by atoms with Gasteiger partial charge in [-0.25, -0.2) is 14.6 Å². The fourth-order valence-corrected chi connectivity index (χ4v) is 2.58. The minimum atomic E-state index is -1.18. The maximum absolute atomic E-state index is 10.1. The Hall–Kier alpha value is -1.61. The van der Waals surface area contributed by atoms with Crippen LogP contribution in [0.5, 0.6) is 0 Å². The maximum Gasteiger partial charge on any atom is 0.181 e. The van der Waals surface area contributed by atoms with Crippen LogP contribution in [0.2, 0.25) is 0 Å². The molecule has 8 heteroatoms. The van der Waals surface area contributed by atoms with Gasteiger partial charge < -0.3 is 20.1 Å². The molecule has 4 atom stereocenters. The zero-order valence-corrected chi connectivity index (χ0v) is 11.1. The van der Waals surface area contributed by atoms with Gasteiger partial charge in [0.1, 0.15) is 24.6 Å². The summed E-state index contributed by atoms with van der Waals surface area (Å²) < 4.78 is 6.91. The Balaban J connectivity index is 2.10. The Bertz CT molecular complexity index is 644. The van der Waals surface area contributed by atoms with Crippen molar-refractivity contribution in [3.63, 3.8) is 0 Å². The van der Waals surface area contributed by atoms with E-state index in [-0.39, 0.29) is 6.61 Å². The minimum Gasteiger partial charge on any atom is -0.394 e. The van der Waals surface area contributed by atoms with Crippen molar-refractivity contribution >= 4 is 11.0 Å². The van der Waals surface area contributed by atoms with E-state index < -0.39 is 24.5 Å². The number of aryl methyl sites for hydroxylation is 2. The number of fused-ring (bicyclic) bond motifs is 1. The summed E-state index contributed by atoms with van der Waals surface area (Å²) in [5, 5.41) is 34.1. The molecule has 20 heavy (non-hydrogen) atoms. The van der Waals surface area contributed by atoms with Gasteiger partial charge in [0, 0.05) is 0 Å². The van der Waals surface area contributed by atoms with Crippen LogP contribution in [0.1, 0.15) is 17.6 Å². The van der Waals surface area contributed by atoms with E-state index >= 15 is 0 Å². The van der Waals surface area contributed by atoms with Gasteiger partial charge in [0.2, 0.25) is 0 Å². The van der Waals surface area contributed by atoms with Gasteiger partial charge >= 0.3 is 0 Å². The third kappa shape index (κ3) is 1.80. The highest BCUT2D eigenvalue weighted by molar-refractivity contribution is 5.80. The van der Waals surface area contributed by atoms with Crippen LogP contribution in [0.25, 0.3) is 11.0 Å². The molecule has 0 aliphatic carbocycles. The van der Waals surface area contributed by atoms with Gasteiger partial charge in [-0.2, -0.15) is 5.10 Å². The van der Waals surface area contributed by atoms with Crippen molar-refractivity contribution in [2.24, 2.45) is 0 Å². The highest BCUT2D eigenvalue weighted by atomic mass is 16.6. The highest BCUT2D eigenvalue weighted by Crippen LogP contribution is 2.32. The van der Waals surface area contributed by atoms with Gasteiger partial charge in [0.05, 0.1) is 23.4 Å². The van der Waals surface area contributed by atoms with Crippen molar-refractivity contribution in [1.82, 2.24) is 19.7 Å². The number of aliphatic hydroxyl groups is 3. The van der Waals surface area contributed by atoms with E-state index in [0.29, 0.717) is 5.65 Å². The molecular formula is C12H16N4O4. The lowest BCUT2D eigenvalue weighted by Gasteiger charge is -2.15. The zero-order chi connectivity index (χ0) is 14.4. The van der Waals surface area contributed by atoms with Crippen LogP contribution in [0.3, 0.4) is 0 Å². The average molecular weight is 280 g/mol. The quantitative estimate of drug-likeness (QED) is 0.650. The molecule has 0 unspecified atom stereocenters. The molecule has 1 fully saturated rings. The maximum atomic E-state index is 10.1. The van der Waals surface area contributed by atoms with Crippen LogP contribution in [-0.4, -0.2) is 60.0 Å². The van der Waals surface area contributed by atoms with Gasteiger partial charge in [-0.15, -0.1) is 0 Å². The van der Waals surface area contributed by atoms with E-state index in [9.17, 15) is 10.2 Å². The van der Waals surface area contributed by atoms with Crippen molar-refractivity contribution in [3.05, 3.63) is 17.7 Å². The first-order valence-electron chi connectivity index (χ1n) is 6.33.